The van der Waals surface area contributed by atoms with Crippen LogP contribution in [0, 0.1) is 11.8 Å². The minimum absolute atomic E-state index is 0.0505. The second-order valence-electron chi connectivity index (χ2n) is 8.37. The van der Waals surface area contributed by atoms with Crippen LogP contribution >= 0.6 is 0 Å². The second-order valence-corrected chi connectivity index (χ2v) is 8.37. The molecule has 2 aliphatic rings. The number of hydrogen-bond acceptors (Lipinski definition) is 1. The molecule has 0 heterocycles. The molecule has 0 aromatic heterocycles. The Morgan fingerprint density at radius 3 is 2.26 bits per heavy atom. The Labute approximate surface area is 163 Å². The van der Waals surface area contributed by atoms with Crippen molar-refractivity contribution in [3.05, 3.63) is 71.3 Å². The highest BCUT2D eigenvalue weighted by Gasteiger charge is 2.29. The molecule has 140 valence electrons. The van der Waals surface area contributed by atoms with E-state index in [0.717, 1.165) is 25.2 Å². The molecule has 0 bridgehead atoms. The van der Waals surface area contributed by atoms with Gasteiger partial charge in [0.1, 0.15) is 0 Å². The van der Waals surface area contributed by atoms with Crippen molar-refractivity contribution < 1.29 is 4.79 Å². The van der Waals surface area contributed by atoms with Gasteiger partial charge in [0.2, 0.25) is 0 Å². The SMILES string of the molecule is C=CC(=O)C(CC)Cc1ccc2c(c1)C(CC)c1cc(CC3CC3)ccc1-2. The van der Waals surface area contributed by atoms with Crippen LogP contribution in [0.3, 0.4) is 0 Å². The second kappa shape index (κ2) is 7.46. The Morgan fingerprint density at radius 2 is 1.70 bits per heavy atom. The highest BCUT2D eigenvalue weighted by atomic mass is 16.1. The van der Waals surface area contributed by atoms with Crippen LogP contribution in [-0.4, -0.2) is 5.78 Å². The molecule has 0 radical (unpaired) electrons. The summed E-state index contributed by atoms with van der Waals surface area (Å²) in [5, 5.41) is 0. The van der Waals surface area contributed by atoms with Crippen molar-refractivity contribution in [2.75, 3.05) is 0 Å². The Bertz CT molecular complexity index is 872. The van der Waals surface area contributed by atoms with Crippen molar-refractivity contribution in [3.63, 3.8) is 0 Å². The summed E-state index contributed by atoms with van der Waals surface area (Å²) in [6.07, 6.45) is 8.33. The fraction of sp³-hybridized carbons (Fsp3) is 0.423. The van der Waals surface area contributed by atoms with Crippen molar-refractivity contribution in [1.29, 1.82) is 0 Å². The van der Waals surface area contributed by atoms with E-state index in [1.54, 1.807) is 0 Å². The van der Waals surface area contributed by atoms with Crippen LogP contribution in [0.25, 0.3) is 11.1 Å². The van der Waals surface area contributed by atoms with Crippen molar-refractivity contribution in [1.82, 2.24) is 0 Å². The minimum atomic E-state index is 0.0505. The van der Waals surface area contributed by atoms with E-state index in [1.807, 2.05) is 0 Å². The number of ketones is 1. The normalized spacial score (nSPS) is 18.7. The van der Waals surface area contributed by atoms with Gasteiger partial charge in [-0.3, -0.25) is 4.79 Å². The highest BCUT2D eigenvalue weighted by molar-refractivity contribution is 5.91. The fourth-order valence-electron chi connectivity index (χ4n) is 4.71. The average Bonchev–Trinajstić information content (AvgIpc) is 3.45. The van der Waals surface area contributed by atoms with Crippen LogP contribution in [0.5, 0.6) is 0 Å². The molecule has 1 heteroatoms. The van der Waals surface area contributed by atoms with Gasteiger partial charge in [0.25, 0.3) is 0 Å². The third-order valence-corrected chi connectivity index (χ3v) is 6.48. The molecular weight excluding hydrogens is 328 g/mol. The van der Waals surface area contributed by atoms with Crippen molar-refractivity contribution in [2.24, 2.45) is 11.8 Å². The van der Waals surface area contributed by atoms with E-state index in [4.69, 9.17) is 0 Å². The summed E-state index contributed by atoms with van der Waals surface area (Å²) in [4.78, 5) is 12.1. The molecule has 0 saturated heterocycles. The summed E-state index contributed by atoms with van der Waals surface area (Å²) in [6.45, 7) is 8.05. The summed E-state index contributed by atoms with van der Waals surface area (Å²) in [5.41, 5.74) is 8.55. The first-order chi connectivity index (χ1) is 13.1. The number of carbonyl (C=O) groups is 1. The lowest BCUT2D eigenvalue weighted by Gasteiger charge is -2.15. The smallest absolute Gasteiger partial charge is 0.158 e. The van der Waals surface area contributed by atoms with Gasteiger partial charge >= 0.3 is 0 Å². The van der Waals surface area contributed by atoms with E-state index in [9.17, 15) is 4.79 Å². The van der Waals surface area contributed by atoms with E-state index in [2.05, 4.69) is 56.8 Å². The molecule has 1 fully saturated rings. The van der Waals surface area contributed by atoms with Gasteiger partial charge in [0, 0.05) is 11.8 Å². The predicted octanol–water partition coefficient (Wildman–Crippen LogP) is 6.49. The quantitative estimate of drug-likeness (QED) is 0.493. The van der Waals surface area contributed by atoms with E-state index < -0.39 is 0 Å². The van der Waals surface area contributed by atoms with Gasteiger partial charge in [-0.1, -0.05) is 56.8 Å². The number of fused-ring (bicyclic) bond motifs is 3. The largest absolute Gasteiger partial charge is 0.295 e. The summed E-state index contributed by atoms with van der Waals surface area (Å²) < 4.78 is 0. The zero-order valence-electron chi connectivity index (χ0n) is 16.6. The third-order valence-electron chi connectivity index (χ3n) is 6.48. The first-order valence-corrected chi connectivity index (χ1v) is 10.6. The van der Waals surface area contributed by atoms with Gasteiger partial charge in [-0.05, 0) is 83.9 Å². The maximum absolute atomic E-state index is 12.1. The molecule has 0 aliphatic heterocycles. The molecule has 2 aromatic rings. The minimum Gasteiger partial charge on any atom is -0.295 e. The summed E-state index contributed by atoms with van der Waals surface area (Å²) in [7, 11) is 0. The van der Waals surface area contributed by atoms with Crippen molar-refractivity contribution in [3.8, 4) is 11.1 Å². The van der Waals surface area contributed by atoms with Gasteiger partial charge in [0.15, 0.2) is 5.78 Å². The Balaban J connectivity index is 1.64. The van der Waals surface area contributed by atoms with Crippen molar-refractivity contribution >= 4 is 5.78 Å². The molecule has 2 aromatic carbocycles. The molecular formula is C26H30O. The molecule has 0 spiro atoms. The van der Waals surface area contributed by atoms with Gasteiger partial charge in [-0.15, -0.1) is 0 Å². The zero-order chi connectivity index (χ0) is 19.0. The predicted molar refractivity (Wildman–Crippen MR) is 113 cm³/mol. The van der Waals surface area contributed by atoms with Crippen LogP contribution in [0.15, 0.2) is 49.1 Å². The number of hydrogen-bond donors (Lipinski definition) is 0. The van der Waals surface area contributed by atoms with Crippen LogP contribution in [0.2, 0.25) is 0 Å². The van der Waals surface area contributed by atoms with E-state index in [1.165, 1.54) is 58.7 Å². The number of allylic oxidation sites excluding steroid dienone is 1. The summed E-state index contributed by atoms with van der Waals surface area (Å²) in [5.74, 6) is 1.63. The lowest BCUT2D eigenvalue weighted by Crippen LogP contribution is -2.14. The van der Waals surface area contributed by atoms with Gasteiger partial charge < -0.3 is 0 Å². The fourth-order valence-corrected chi connectivity index (χ4v) is 4.71. The Kier molecular flexibility index (Phi) is 5.04. The van der Waals surface area contributed by atoms with Gasteiger partial charge in [-0.2, -0.15) is 0 Å². The molecule has 1 saturated carbocycles. The lowest BCUT2D eigenvalue weighted by molar-refractivity contribution is -0.118. The number of benzene rings is 2. The maximum atomic E-state index is 12.1. The summed E-state index contributed by atoms with van der Waals surface area (Å²) in [6, 6.07) is 14.0. The van der Waals surface area contributed by atoms with Crippen LogP contribution in [0.4, 0.5) is 0 Å². The van der Waals surface area contributed by atoms with Crippen LogP contribution in [0.1, 0.15) is 67.7 Å². The van der Waals surface area contributed by atoms with Crippen LogP contribution < -0.4 is 0 Å². The topological polar surface area (TPSA) is 17.1 Å². The van der Waals surface area contributed by atoms with Gasteiger partial charge in [0.05, 0.1) is 0 Å². The molecule has 2 atom stereocenters. The molecule has 0 amide bonds. The highest BCUT2D eigenvalue weighted by Crippen LogP contribution is 2.47. The Morgan fingerprint density at radius 1 is 1.07 bits per heavy atom. The Hall–Kier alpha value is -2.15. The first kappa shape index (κ1) is 18.2. The standard InChI is InChI=1S/C26H30O/c1-4-20(26(27)6-3)14-19-10-12-23-22-11-9-18(13-17-7-8-17)15-24(22)21(5-2)25(23)16-19/h6,9-12,15-17,20-21H,3-5,7-8,13-14H2,1-2H3. The molecule has 1 nitrogen and oxygen atoms in total. The number of rotatable bonds is 8. The van der Waals surface area contributed by atoms with Crippen LogP contribution in [-0.2, 0) is 17.6 Å². The lowest BCUT2D eigenvalue weighted by atomic mass is 9.89. The van der Waals surface area contributed by atoms with E-state index in [-0.39, 0.29) is 11.7 Å². The first-order valence-electron chi connectivity index (χ1n) is 10.6. The van der Waals surface area contributed by atoms with E-state index >= 15 is 0 Å². The van der Waals surface area contributed by atoms with Gasteiger partial charge in [-0.25, -0.2) is 0 Å². The van der Waals surface area contributed by atoms with E-state index in [0.29, 0.717) is 5.92 Å². The average molecular weight is 359 g/mol. The molecule has 2 unspecified atom stereocenters. The summed E-state index contributed by atoms with van der Waals surface area (Å²) >= 11 is 0. The molecule has 0 N–H and O–H groups in total. The van der Waals surface area contributed by atoms with Crippen molar-refractivity contribution in [2.45, 2.75) is 58.3 Å². The third kappa shape index (κ3) is 3.52. The molecule has 2 aliphatic carbocycles. The maximum Gasteiger partial charge on any atom is 0.158 e. The molecule has 27 heavy (non-hydrogen) atoms. The monoisotopic (exact) mass is 358 g/mol. The number of carbonyl (C=O) groups excluding carboxylic acids is 1. The zero-order valence-corrected chi connectivity index (χ0v) is 16.6. The molecule has 4 rings (SSSR count).